The lowest BCUT2D eigenvalue weighted by Gasteiger charge is -2.45. The first-order valence-corrected chi connectivity index (χ1v) is 25.8. The van der Waals surface area contributed by atoms with Gasteiger partial charge in [0.2, 0.25) is 0 Å². The number of pyridine rings is 1. The van der Waals surface area contributed by atoms with Crippen LogP contribution in [0.15, 0.2) is 243 Å². The molecule has 7 nitrogen and oxygen atoms in total. The summed E-state index contributed by atoms with van der Waals surface area (Å²) in [5.74, 6) is 4.34. The van der Waals surface area contributed by atoms with E-state index in [1.807, 2.05) is 6.20 Å². The van der Waals surface area contributed by atoms with E-state index in [1.54, 1.807) is 0 Å². The van der Waals surface area contributed by atoms with Crippen LogP contribution in [0.25, 0.3) is 0 Å². The summed E-state index contributed by atoms with van der Waals surface area (Å²) < 4.78 is 14.5. The highest BCUT2D eigenvalue weighted by Gasteiger charge is 2.50. The summed E-state index contributed by atoms with van der Waals surface area (Å²) in [5, 5.41) is 0. The molecule has 10 heteroatoms. The van der Waals surface area contributed by atoms with Gasteiger partial charge in [0, 0.05) is 80.9 Å². The van der Waals surface area contributed by atoms with E-state index in [2.05, 4.69) is 256 Å². The van der Waals surface area contributed by atoms with Gasteiger partial charge in [-0.2, -0.15) is 0 Å². The average Bonchev–Trinajstić information content (AvgIpc) is 3.55. The second-order valence-electron chi connectivity index (χ2n) is 20.1. The number of rotatable bonds is 4. The minimum absolute atomic E-state index is 0.0941. The van der Waals surface area contributed by atoms with Gasteiger partial charge in [0.05, 0.1) is 0 Å². The number of para-hydroxylation sites is 6. The van der Waals surface area contributed by atoms with E-state index < -0.39 is 0 Å². The van der Waals surface area contributed by atoms with E-state index in [9.17, 15) is 0 Å². The van der Waals surface area contributed by atoms with E-state index >= 15 is 0 Å². The Balaban J connectivity index is 0.941. The Morgan fingerprint density at radius 2 is 0.640 bits per heavy atom. The molecule has 0 bridgehead atoms. The minimum atomic E-state index is -0.225. The molecule has 0 saturated carbocycles. The molecule has 0 fully saturated rings. The summed E-state index contributed by atoms with van der Waals surface area (Å²) in [6.07, 6.45) is 1.97. The van der Waals surface area contributed by atoms with Crippen molar-refractivity contribution in [1.82, 2.24) is 4.98 Å². The molecule has 6 aliphatic rings. The minimum Gasteiger partial charge on any atom is -0.458 e. The van der Waals surface area contributed by atoms with Crippen molar-refractivity contribution in [2.24, 2.45) is 0 Å². The molecule has 346 valence electrons. The molecule has 75 heavy (non-hydrogen) atoms. The van der Waals surface area contributed by atoms with E-state index in [4.69, 9.17) is 14.5 Å². The topological polar surface area (TPSA) is 44.3 Å². The summed E-state index contributed by atoms with van der Waals surface area (Å²) in [4.78, 5) is 15.0. The SMILES string of the molecule is c1ccc(N2c3ccccc3B3c4cc5c(cc4Oc4cccc2c43)N(c2ccccc2)c2ccnc3c2B5c2cc4c(cc2N3c2ccccc2)Oc2cccc3c2B4c2ccccc2N3c2ccccc2)cc1. The zero-order chi connectivity index (χ0) is 48.9. The molecule has 0 amide bonds. The van der Waals surface area contributed by atoms with Crippen LogP contribution in [0.2, 0.25) is 0 Å². The number of anilines is 12. The lowest BCUT2D eigenvalue weighted by Crippen LogP contribution is -2.66. The van der Waals surface area contributed by atoms with Crippen molar-refractivity contribution in [2.75, 3.05) is 19.6 Å². The third kappa shape index (κ3) is 5.65. The normalized spacial score (nSPS) is 14.2. The second-order valence-corrected chi connectivity index (χ2v) is 20.1. The van der Waals surface area contributed by atoms with Crippen LogP contribution in [0.3, 0.4) is 0 Å². The van der Waals surface area contributed by atoms with Gasteiger partial charge in [-0.1, -0.05) is 133 Å². The third-order valence-electron chi connectivity index (χ3n) is 16.4. The highest BCUT2D eigenvalue weighted by atomic mass is 16.5. The fourth-order valence-corrected chi connectivity index (χ4v) is 13.5. The van der Waals surface area contributed by atoms with Gasteiger partial charge in [-0.05, 0) is 140 Å². The van der Waals surface area contributed by atoms with Crippen LogP contribution >= 0.6 is 0 Å². The Bertz CT molecular complexity index is 3940. The molecule has 11 aromatic rings. The van der Waals surface area contributed by atoms with Gasteiger partial charge in [-0.3, -0.25) is 4.90 Å². The maximum atomic E-state index is 7.25. The van der Waals surface area contributed by atoms with Crippen molar-refractivity contribution >= 4 is 138 Å². The van der Waals surface area contributed by atoms with Gasteiger partial charge in [0.25, 0.3) is 20.1 Å². The summed E-state index contributed by atoms with van der Waals surface area (Å²) in [6.45, 7) is -0.413. The van der Waals surface area contributed by atoms with Gasteiger partial charge < -0.3 is 24.2 Å². The first-order valence-electron chi connectivity index (χ1n) is 25.8. The van der Waals surface area contributed by atoms with Crippen molar-refractivity contribution in [3.63, 3.8) is 0 Å². The fourth-order valence-electron chi connectivity index (χ4n) is 13.5. The summed E-state index contributed by atoms with van der Waals surface area (Å²) >= 11 is 0. The maximum absolute atomic E-state index is 7.25. The van der Waals surface area contributed by atoms with Crippen molar-refractivity contribution in [3.8, 4) is 23.0 Å². The maximum Gasteiger partial charge on any atom is 0.256 e. The Morgan fingerprint density at radius 1 is 0.267 bits per heavy atom. The van der Waals surface area contributed by atoms with Crippen LogP contribution in [-0.4, -0.2) is 25.1 Å². The molecule has 7 heterocycles. The molecule has 10 aromatic carbocycles. The quantitative estimate of drug-likeness (QED) is 0.163. The highest BCUT2D eigenvalue weighted by Crippen LogP contribution is 2.48. The number of aromatic nitrogens is 1. The number of nitrogens with zero attached hydrogens (tertiary/aromatic N) is 5. The Morgan fingerprint density at radius 3 is 1.12 bits per heavy atom. The third-order valence-corrected chi connectivity index (χ3v) is 16.4. The van der Waals surface area contributed by atoms with Crippen molar-refractivity contribution in [3.05, 3.63) is 243 Å². The van der Waals surface area contributed by atoms with Gasteiger partial charge in [-0.15, -0.1) is 0 Å². The summed E-state index contributed by atoms with van der Waals surface area (Å²) in [7, 11) is 0. The van der Waals surface area contributed by atoms with Crippen LogP contribution in [0.5, 0.6) is 23.0 Å². The Hall–Kier alpha value is -9.66. The van der Waals surface area contributed by atoms with Gasteiger partial charge in [-0.25, -0.2) is 4.98 Å². The number of benzene rings is 10. The molecular formula is C65H40B3N5O2. The molecule has 0 N–H and O–H groups in total. The summed E-state index contributed by atoms with van der Waals surface area (Å²) in [5.41, 5.74) is 22.7. The van der Waals surface area contributed by atoms with Crippen LogP contribution in [0.1, 0.15) is 0 Å². The predicted molar refractivity (Wildman–Crippen MR) is 310 cm³/mol. The standard InChI is InChI=1S/C65H40B3N5O2/c1-5-19-41(20-6-1)70-51-29-15-13-27-45(51)66-49-37-47-56(39-60(49)74-58-33-17-31-53(70)62(58)66)72(43-23-9-3-10-24-43)55-35-36-69-65-64(55)68(47)48-38-50-61(40-57(48)73(65)44-25-11-4-12-26-44)75-59-34-18-32-54-63(59)67(50)46-28-14-16-30-52(46)71(54)42-21-7-2-8-22-42/h1-40H. The van der Waals surface area contributed by atoms with Crippen LogP contribution in [0, 0.1) is 0 Å². The summed E-state index contributed by atoms with van der Waals surface area (Å²) in [6, 6.07) is 85.6. The molecular weight excluding hydrogens is 915 g/mol. The van der Waals surface area contributed by atoms with Crippen molar-refractivity contribution in [1.29, 1.82) is 0 Å². The zero-order valence-corrected chi connectivity index (χ0v) is 40.4. The van der Waals surface area contributed by atoms with Crippen molar-refractivity contribution in [2.45, 2.75) is 0 Å². The van der Waals surface area contributed by atoms with Gasteiger partial charge in [0.1, 0.15) is 28.8 Å². The predicted octanol–water partition coefficient (Wildman–Crippen LogP) is 9.97. The molecule has 6 aliphatic heterocycles. The lowest BCUT2D eigenvalue weighted by molar-refractivity contribution is 0.487. The van der Waals surface area contributed by atoms with Crippen LogP contribution in [0.4, 0.5) is 68.4 Å². The smallest absolute Gasteiger partial charge is 0.256 e. The molecule has 0 aliphatic carbocycles. The van der Waals surface area contributed by atoms with Crippen LogP contribution < -0.4 is 78.2 Å². The van der Waals surface area contributed by atoms with E-state index in [0.717, 1.165) is 108 Å². The molecule has 0 atom stereocenters. The van der Waals surface area contributed by atoms with Gasteiger partial charge >= 0.3 is 0 Å². The first kappa shape index (κ1) is 40.9. The lowest BCUT2D eigenvalue weighted by atomic mass is 9.29. The molecule has 0 spiro atoms. The molecule has 0 radical (unpaired) electrons. The first-order chi connectivity index (χ1) is 37.2. The van der Waals surface area contributed by atoms with E-state index in [-0.39, 0.29) is 20.1 Å². The fraction of sp³-hybridized carbons (Fsp3) is 0. The van der Waals surface area contributed by atoms with E-state index in [0.29, 0.717) is 0 Å². The molecule has 1 aromatic heterocycles. The number of ether oxygens (including phenoxy) is 2. The molecule has 0 saturated heterocycles. The van der Waals surface area contributed by atoms with Gasteiger partial charge in [0.15, 0.2) is 0 Å². The monoisotopic (exact) mass is 955 g/mol. The Labute approximate surface area is 435 Å². The molecule has 17 rings (SSSR count). The largest absolute Gasteiger partial charge is 0.458 e. The Kier molecular flexibility index (Phi) is 8.41. The zero-order valence-electron chi connectivity index (χ0n) is 40.4. The number of hydrogen-bond donors (Lipinski definition) is 0. The number of fused-ring (bicyclic) bond motifs is 12. The highest BCUT2D eigenvalue weighted by molar-refractivity contribution is 7.04. The van der Waals surface area contributed by atoms with Crippen molar-refractivity contribution < 1.29 is 9.47 Å². The molecule has 0 unspecified atom stereocenters. The van der Waals surface area contributed by atoms with E-state index in [1.165, 1.54) is 32.8 Å². The number of hydrogen-bond acceptors (Lipinski definition) is 7. The average molecular weight is 956 g/mol. The second kappa shape index (κ2) is 15.4. The van der Waals surface area contributed by atoms with Crippen LogP contribution in [-0.2, 0) is 0 Å².